The fourth-order valence-corrected chi connectivity index (χ4v) is 6.45. The normalized spacial score (nSPS) is 29.3. The van der Waals surface area contributed by atoms with Gasteiger partial charge in [0.25, 0.3) is 0 Å². The molecule has 1 aliphatic carbocycles. The third-order valence-electron chi connectivity index (χ3n) is 7.92. The maximum Gasteiger partial charge on any atom is 0.319 e. The lowest BCUT2D eigenvalue weighted by atomic mass is 9.62. The molecule has 1 aromatic carbocycles. The van der Waals surface area contributed by atoms with Gasteiger partial charge in [-0.3, -0.25) is 14.4 Å². The highest BCUT2D eigenvalue weighted by molar-refractivity contribution is 6.31. The molecule has 1 aromatic rings. The summed E-state index contributed by atoms with van der Waals surface area (Å²) in [6.07, 6.45) is 5.88. The minimum absolute atomic E-state index is 0.0154. The lowest BCUT2D eigenvalue weighted by Crippen LogP contribution is -2.54. The third kappa shape index (κ3) is 6.38. The van der Waals surface area contributed by atoms with Gasteiger partial charge >= 0.3 is 5.97 Å². The van der Waals surface area contributed by atoms with E-state index in [1.54, 1.807) is 24.3 Å². The molecule has 2 aliphatic heterocycles. The van der Waals surface area contributed by atoms with Crippen LogP contribution in [0.2, 0.25) is 5.02 Å². The van der Waals surface area contributed by atoms with Crippen LogP contribution in [0.15, 0.2) is 53.6 Å². The summed E-state index contributed by atoms with van der Waals surface area (Å²) in [4.78, 5) is 39.5. The standard InChI is InChI=1S/C30H37Cl2FN4O4/c1-16(6-5-7-18(32)14-33)25-26(27(39)35-19-11-20(12-19)41-24(38)15-34)37-23(13-29(2,3)4)30(25)21-9-8-17(31)10-22(21)36-28(30)40/h5-10,19-20,23,25-26,37H,1,11-15,34H2,2-4H3,(H,35,39)(H,36,40)/b6-5-,18-7+/t19?,20?,23-,25+,26-,30+/m1/s1. The van der Waals surface area contributed by atoms with Gasteiger partial charge in [-0.15, -0.1) is 0 Å². The van der Waals surface area contributed by atoms with Crippen molar-refractivity contribution in [2.75, 3.05) is 18.5 Å². The van der Waals surface area contributed by atoms with Crippen molar-refractivity contribution in [1.82, 2.24) is 10.6 Å². The summed E-state index contributed by atoms with van der Waals surface area (Å²) in [5.41, 5.74) is 5.79. The van der Waals surface area contributed by atoms with E-state index in [1.165, 1.54) is 6.08 Å². The number of hydrogen-bond acceptors (Lipinski definition) is 6. The van der Waals surface area contributed by atoms with Gasteiger partial charge in [0.15, 0.2) is 0 Å². The number of amides is 2. The van der Waals surface area contributed by atoms with Gasteiger partial charge in [-0.05, 0) is 41.2 Å². The van der Waals surface area contributed by atoms with E-state index in [4.69, 9.17) is 33.7 Å². The van der Waals surface area contributed by atoms with Gasteiger partial charge in [0.05, 0.1) is 12.6 Å². The van der Waals surface area contributed by atoms with Gasteiger partial charge in [0, 0.05) is 46.6 Å². The van der Waals surface area contributed by atoms with Crippen molar-refractivity contribution >= 4 is 46.7 Å². The molecule has 1 saturated heterocycles. The van der Waals surface area contributed by atoms with Crippen LogP contribution in [0.4, 0.5) is 10.1 Å². The number of carbonyl (C=O) groups excluding carboxylic acids is 3. The number of alkyl halides is 1. The molecule has 222 valence electrons. The summed E-state index contributed by atoms with van der Waals surface area (Å²) in [6.45, 7) is 9.51. The van der Waals surface area contributed by atoms with Crippen LogP contribution in [0, 0.1) is 11.3 Å². The Balaban J connectivity index is 1.73. The van der Waals surface area contributed by atoms with E-state index in [0.717, 1.165) is 5.56 Å². The summed E-state index contributed by atoms with van der Waals surface area (Å²) in [5, 5.41) is 10.1. The molecular formula is C30H37Cl2FN4O4. The molecule has 2 fully saturated rings. The number of fused-ring (bicyclic) bond motifs is 2. The van der Waals surface area contributed by atoms with E-state index in [9.17, 15) is 18.8 Å². The number of allylic oxidation sites excluding steroid dienone is 4. The maximum atomic E-state index is 14.1. The Hall–Kier alpha value is -2.72. The predicted molar refractivity (Wildman–Crippen MR) is 158 cm³/mol. The molecule has 11 heteroatoms. The monoisotopic (exact) mass is 606 g/mol. The molecule has 0 aromatic heterocycles. The first-order valence-electron chi connectivity index (χ1n) is 13.6. The molecule has 41 heavy (non-hydrogen) atoms. The van der Waals surface area contributed by atoms with Gasteiger partial charge in [0.1, 0.15) is 18.2 Å². The van der Waals surface area contributed by atoms with Gasteiger partial charge in [0.2, 0.25) is 11.8 Å². The van der Waals surface area contributed by atoms with Crippen molar-refractivity contribution in [3.8, 4) is 0 Å². The van der Waals surface area contributed by atoms with E-state index in [-0.39, 0.29) is 41.0 Å². The lowest BCUT2D eigenvalue weighted by molar-refractivity contribution is -0.152. The van der Waals surface area contributed by atoms with Gasteiger partial charge in [-0.1, -0.05) is 68.8 Å². The predicted octanol–water partition coefficient (Wildman–Crippen LogP) is 4.28. The largest absolute Gasteiger partial charge is 0.461 e. The molecule has 1 spiro atoms. The van der Waals surface area contributed by atoms with Crippen LogP contribution in [0.1, 0.15) is 45.6 Å². The van der Waals surface area contributed by atoms with E-state index in [1.807, 2.05) is 6.07 Å². The number of rotatable bonds is 9. The van der Waals surface area contributed by atoms with Crippen molar-refractivity contribution in [3.05, 3.63) is 64.2 Å². The third-order valence-corrected chi connectivity index (χ3v) is 8.39. The van der Waals surface area contributed by atoms with Crippen molar-refractivity contribution in [2.45, 2.75) is 69.7 Å². The number of nitrogens with two attached hydrogens (primary N) is 1. The minimum atomic E-state index is -1.18. The van der Waals surface area contributed by atoms with Crippen LogP contribution < -0.4 is 21.7 Å². The Labute approximate surface area is 249 Å². The van der Waals surface area contributed by atoms with E-state index >= 15 is 0 Å². The van der Waals surface area contributed by atoms with Gasteiger partial charge < -0.3 is 26.4 Å². The highest BCUT2D eigenvalue weighted by Gasteiger charge is 2.65. The first kappa shape index (κ1) is 31.2. The molecule has 2 heterocycles. The fourth-order valence-electron chi connectivity index (χ4n) is 6.20. The molecule has 3 aliphatic rings. The van der Waals surface area contributed by atoms with Crippen LogP contribution in [0.25, 0.3) is 0 Å². The highest BCUT2D eigenvalue weighted by atomic mass is 35.5. The Kier molecular flexibility index (Phi) is 9.33. The summed E-state index contributed by atoms with van der Waals surface area (Å²) in [6, 6.07) is 3.83. The van der Waals surface area contributed by atoms with Crippen molar-refractivity contribution in [1.29, 1.82) is 0 Å². The number of benzene rings is 1. The average molecular weight is 608 g/mol. The number of esters is 1. The summed E-state index contributed by atoms with van der Waals surface area (Å²) < 4.78 is 18.2. The lowest BCUT2D eigenvalue weighted by Gasteiger charge is -2.38. The number of ether oxygens (including phenoxy) is 1. The smallest absolute Gasteiger partial charge is 0.319 e. The number of halogens is 3. The van der Waals surface area contributed by atoms with Crippen LogP contribution in [-0.4, -0.2) is 55.2 Å². The fraction of sp³-hybridized carbons (Fsp3) is 0.500. The SMILES string of the molecule is C=C(/C=C\C=C(\Cl)CF)[C@H]1[C@H](C(=O)NC2CC(OC(=O)CN)C2)N[C@H](CC(C)(C)C)[C@]12C(=O)Nc1cc(Cl)ccc12. The van der Waals surface area contributed by atoms with Crippen molar-refractivity contribution in [3.63, 3.8) is 0 Å². The average Bonchev–Trinajstić information content (AvgIpc) is 3.35. The second kappa shape index (κ2) is 12.3. The van der Waals surface area contributed by atoms with Gasteiger partial charge in [-0.2, -0.15) is 0 Å². The zero-order valence-electron chi connectivity index (χ0n) is 23.4. The van der Waals surface area contributed by atoms with Crippen LogP contribution in [0.5, 0.6) is 0 Å². The molecule has 2 amide bonds. The molecule has 0 unspecified atom stereocenters. The number of nitrogens with one attached hydrogen (secondary N) is 3. The van der Waals surface area contributed by atoms with E-state index in [2.05, 4.69) is 43.3 Å². The molecule has 8 nitrogen and oxygen atoms in total. The molecule has 5 N–H and O–H groups in total. The van der Waals surface area contributed by atoms with Gasteiger partial charge in [-0.25, -0.2) is 4.39 Å². The topological polar surface area (TPSA) is 123 Å². The van der Waals surface area contributed by atoms with Crippen LogP contribution in [0.3, 0.4) is 0 Å². The number of anilines is 1. The highest BCUT2D eigenvalue weighted by Crippen LogP contribution is 2.55. The molecular weight excluding hydrogens is 570 g/mol. The second-order valence-electron chi connectivity index (χ2n) is 12.1. The zero-order chi connectivity index (χ0) is 30.1. The zero-order valence-corrected chi connectivity index (χ0v) is 24.9. The van der Waals surface area contributed by atoms with Crippen molar-refractivity contribution < 1.29 is 23.5 Å². The number of carbonyl (C=O) groups is 3. The van der Waals surface area contributed by atoms with Crippen LogP contribution >= 0.6 is 23.2 Å². The first-order chi connectivity index (χ1) is 19.3. The Morgan fingerprint density at radius 2 is 2.02 bits per heavy atom. The Morgan fingerprint density at radius 1 is 1.32 bits per heavy atom. The van der Waals surface area contributed by atoms with E-state index < -0.39 is 36.1 Å². The molecule has 0 radical (unpaired) electrons. The van der Waals surface area contributed by atoms with Crippen molar-refractivity contribution in [2.24, 2.45) is 17.1 Å². The Morgan fingerprint density at radius 3 is 2.66 bits per heavy atom. The quantitative estimate of drug-likeness (QED) is 0.246. The second-order valence-corrected chi connectivity index (χ2v) is 13.0. The first-order valence-corrected chi connectivity index (χ1v) is 14.4. The number of hydrogen-bond donors (Lipinski definition) is 4. The molecule has 0 bridgehead atoms. The molecule has 4 rings (SSSR count). The molecule has 1 saturated carbocycles. The van der Waals surface area contributed by atoms with Crippen LogP contribution in [-0.2, 0) is 24.5 Å². The molecule has 4 atom stereocenters. The summed E-state index contributed by atoms with van der Waals surface area (Å²) in [7, 11) is 0. The van der Waals surface area contributed by atoms with E-state index in [0.29, 0.717) is 35.5 Å². The minimum Gasteiger partial charge on any atom is -0.461 e. The maximum absolute atomic E-state index is 14.1. The Bertz CT molecular complexity index is 1290. The summed E-state index contributed by atoms with van der Waals surface area (Å²) >= 11 is 12.1. The summed E-state index contributed by atoms with van der Waals surface area (Å²) in [5.74, 6) is -1.72.